The van der Waals surface area contributed by atoms with E-state index in [1.54, 1.807) is 13.0 Å². The zero-order valence-electron chi connectivity index (χ0n) is 8.60. The molecule has 86 valence electrons. The first-order valence-electron chi connectivity index (χ1n) is 4.62. The van der Waals surface area contributed by atoms with Crippen LogP contribution in [0.1, 0.15) is 12.5 Å². The lowest BCUT2D eigenvalue weighted by molar-refractivity contribution is -0.385. The van der Waals surface area contributed by atoms with Crippen molar-refractivity contribution in [3.8, 4) is 0 Å². The van der Waals surface area contributed by atoms with Crippen LogP contribution in [-0.4, -0.2) is 17.5 Å². The summed E-state index contributed by atoms with van der Waals surface area (Å²) >= 11 is 3.15. The molecular weight excluding hydrogens is 278 g/mol. The van der Waals surface area contributed by atoms with E-state index in [2.05, 4.69) is 15.9 Å². The number of carbonyl (C=O) groups excluding carboxylic acids is 1. The topological polar surface area (TPSA) is 69.4 Å². The molecule has 0 bridgehead atoms. The molecule has 0 N–H and O–H groups in total. The van der Waals surface area contributed by atoms with Crippen molar-refractivity contribution < 1.29 is 14.5 Å². The molecule has 16 heavy (non-hydrogen) atoms. The third-order valence-electron chi connectivity index (χ3n) is 1.81. The van der Waals surface area contributed by atoms with E-state index in [1.807, 2.05) is 0 Å². The first-order valence-corrected chi connectivity index (χ1v) is 5.41. The molecular formula is C10H10BrNO4. The summed E-state index contributed by atoms with van der Waals surface area (Å²) in [6.45, 7) is 2.01. The van der Waals surface area contributed by atoms with Gasteiger partial charge >= 0.3 is 5.97 Å². The first kappa shape index (κ1) is 12.6. The van der Waals surface area contributed by atoms with Crippen LogP contribution >= 0.6 is 15.9 Å². The highest BCUT2D eigenvalue weighted by molar-refractivity contribution is 9.10. The van der Waals surface area contributed by atoms with Gasteiger partial charge in [-0.05, 0) is 18.6 Å². The lowest BCUT2D eigenvalue weighted by Crippen LogP contribution is -2.07. The zero-order chi connectivity index (χ0) is 12.1. The fraction of sp³-hybridized carbons (Fsp3) is 0.300. The zero-order valence-corrected chi connectivity index (χ0v) is 10.2. The van der Waals surface area contributed by atoms with Gasteiger partial charge in [-0.15, -0.1) is 0 Å². The van der Waals surface area contributed by atoms with Crippen LogP contribution in [0.25, 0.3) is 0 Å². The number of nitro groups is 1. The Bertz CT molecular complexity index is 419. The van der Waals surface area contributed by atoms with E-state index >= 15 is 0 Å². The van der Waals surface area contributed by atoms with E-state index in [0.717, 1.165) is 0 Å². The molecule has 0 heterocycles. The van der Waals surface area contributed by atoms with E-state index in [-0.39, 0.29) is 12.1 Å². The second-order valence-corrected chi connectivity index (χ2v) is 3.97. The van der Waals surface area contributed by atoms with Crippen molar-refractivity contribution in [3.05, 3.63) is 38.3 Å². The number of nitrogens with zero attached hydrogens (tertiary/aromatic N) is 1. The normalized spacial score (nSPS) is 9.88. The van der Waals surface area contributed by atoms with Crippen molar-refractivity contribution in [2.24, 2.45) is 0 Å². The highest BCUT2D eigenvalue weighted by Gasteiger charge is 2.11. The van der Waals surface area contributed by atoms with Gasteiger partial charge in [0.1, 0.15) is 0 Å². The maximum Gasteiger partial charge on any atom is 0.310 e. The number of non-ortho nitro benzene ring substituents is 1. The van der Waals surface area contributed by atoms with Gasteiger partial charge in [0, 0.05) is 16.6 Å². The maximum absolute atomic E-state index is 11.2. The van der Waals surface area contributed by atoms with Gasteiger partial charge in [0.05, 0.1) is 18.0 Å². The Morgan fingerprint density at radius 1 is 1.50 bits per heavy atom. The number of ether oxygens (including phenoxy) is 1. The number of carbonyl (C=O) groups is 1. The van der Waals surface area contributed by atoms with Crippen molar-refractivity contribution >= 4 is 27.6 Å². The quantitative estimate of drug-likeness (QED) is 0.485. The molecule has 0 fully saturated rings. The predicted octanol–water partition coefficient (Wildman–Crippen LogP) is 2.46. The Balaban J connectivity index is 2.88. The summed E-state index contributed by atoms with van der Waals surface area (Å²) in [7, 11) is 0. The summed E-state index contributed by atoms with van der Waals surface area (Å²) in [6, 6.07) is 4.40. The van der Waals surface area contributed by atoms with Crippen LogP contribution in [-0.2, 0) is 16.0 Å². The number of benzene rings is 1. The van der Waals surface area contributed by atoms with Crippen LogP contribution in [0.3, 0.4) is 0 Å². The fourth-order valence-electron chi connectivity index (χ4n) is 1.22. The van der Waals surface area contributed by atoms with Gasteiger partial charge in [-0.3, -0.25) is 14.9 Å². The van der Waals surface area contributed by atoms with E-state index in [4.69, 9.17) is 4.74 Å². The van der Waals surface area contributed by atoms with Crippen LogP contribution in [0.15, 0.2) is 22.7 Å². The second-order valence-electron chi connectivity index (χ2n) is 3.06. The van der Waals surface area contributed by atoms with Crippen molar-refractivity contribution in [2.45, 2.75) is 13.3 Å². The van der Waals surface area contributed by atoms with Crippen molar-refractivity contribution in [1.29, 1.82) is 0 Å². The number of halogens is 1. The summed E-state index contributed by atoms with van der Waals surface area (Å²) in [5, 5.41) is 10.6. The van der Waals surface area contributed by atoms with Crippen molar-refractivity contribution in [1.82, 2.24) is 0 Å². The number of hydrogen-bond donors (Lipinski definition) is 0. The molecule has 0 atom stereocenters. The Hall–Kier alpha value is -1.43. The fourth-order valence-corrected chi connectivity index (χ4v) is 1.75. The molecule has 0 unspecified atom stereocenters. The molecule has 0 saturated carbocycles. The average Bonchev–Trinajstić information content (AvgIpc) is 2.16. The molecule has 0 aliphatic rings. The van der Waals surface area contributed by atoms with Crippen LogP contribution < -0.4 is 0 Å². The number of nitro benzene ring substituents is 1. The van der Waals surface area contributed by atoms with Gasteiger partial charge in [0.25, 0.3) is 5.69 Å². The molecule has 0 saturated heterocycles. The Kier molecular flexibility index (Phi) is 4.42. The smallest absolute Gasteiger partial charge is 0.310 e. The van der Waals surface area contributed by atoms with Crippen molar-refractivity contribution in [3.63, 3.8) is 0 Å². The third-order valence-corrected chi connectivity index (χ3v) is 2.26. The summed E-state index contributed by atoms with van der Waals surface area (Å²) < 4.78 is 5.33. The highest BCUT2D eigenvalue weighted by atomic mass is 79.9. The highest BCUT2D eigenvalue weighted by Crippen LogP contribution is 2.21. The Morgan fingerprint density at radius 2 is 2.19 bits per heavy atom. The third kappa shape index (κ3) is 3.62. The van der Waals surface area contributed by atoms with Crippen LogP contribution in [0.2, 0.25) is 0 Å². The van der Waals surface area contributed by atoms with Gasteiger partial charge in [-0.25, -0.2) is 0 Å². The summed E-state index contributed by atoms with van der Waals surface area (Å²) in [6.07, 6.45) is 0.0358. The van der Waals surface area contributed by atoms with E-state index in [1.165, 1.54) is 12.1 Å². The number of esters is 1. The Labute approximate surface area is 101 Å². The summed E-state index contributed by atoms with van der Waals surface area (Å²) in [5.74, 6) is -0.394. The SMILES string of the molecule is CCOC(=O)Cc1cc(Br)cc([N+](=O)[O-])c1. The van der Waals surface area contributed by atoms with Crippen LogP contribution in [0.5, 0.6) is 0 Å². The first-order chi connectivity index (χ1) is 7.52. The minimum Gasteiger partial charge on any atom is -0.466 e. The van der Waals surface area contributed by atoms with E-state index < -0.39 is 10.9 Å². The monoisotopic (exact) mass is 287 g/mol. The molecule has 0 aliphatic heterocycles. The van der Waals surface area contributed by atoms with Crippen LogP contribution in [0.4, 0.5) is 5.69 Å². The van der Waals surface area contributed by atoms with Gasteiger partial charge in [0.2, 0.25) is 0 Å². The predicted molar refractivity (Wildman–Crippen MR) is 61.1 cm³/mol. The second kappa shape index (κ2) is 5.60. The molecule has 0 amide bonds. The molecule has 1 aromatic carbocycles. The van der Waals surface area contributed by atoms with Crippen LogP contribution in [0, 0.1) is 10.1 Å². The molecule has 0 spiro atoms. The standard InChI is InChI=1S/C10H10BrNO4/c1-2-16-10(13)5-7-3-8(11)6-9(4-7)12(14)15/h3-4,6H,2,5H2,1H3. The average molecular weight is 288 g/mol. The molecule has 0 aliphatic carbocycles. The van der Waals surface area contributed by atoms with Crippen molar-refractivity contribution in [2.75, 3.05) is 6.61 Å². The summed E-state index contributed by atoms with van der Waals surface area (Å²) in [5.41, 5.74) is 0.508. The molecule has 1 rings (SSSR count). The van der Waals surface area contributed by atoms with Gasteiger partial charge in [-0.2, -0.15) is 0 Å². The number of rotatable bonds is 4. The maximum atomic E-state index is 11.2. The molecule has 1 aromatic rings. The number of hydrogen-bond acceptors (Lipinski definition) is 4. The van der Waals surface area contributed by atoms with E-state index in [9.17, 15) is 14.9 Å². The van der Waals surface area contributed by atoms with Gasteiger partial charge in [0.15, 0.2) is 0 Å². The lowest BCUT2D eigenvalue weighted by Gasteiger charge is -2.02. The minimum absolute atomic E-state index is 0.0358. The largest absolute Gasteiger partial charge is 0.466 e. The molecule has 0 radical (unpaired) electrons. The summed E-state index contributed by atoms with van der Waals surface area (Å²) in [4.78, 5) is 21.3. The van der Waals surface area contributed by atoms with Gasteiger partial charge in [-0.1, -0.05) is 15.9 Å². The minimum atomic E-state index is -0.501. The van der Waals surface area contributed by atoms with Gasteiger partial charge < -0.3 is 4.74 Å². The molecule has 5 nitrogen and oxygen atoms in total. The lowest BCUT2D eigenvalue weighted by atomic mass is 10.1. The molecule has 0 aromatic heterocycles. The molecule has 6 heteroatoms. The van der Waals surface area contributed by atoms with E-state index in [0.29, 0.717) is 16.6 Å². The Morgan fingerprint density at radius 3 is 2.75 bits per heavy atom.